The van der Waals surface area contributed by atoms with Crippen LogP contribution in [0.15, 0.2) is 60.0 Å². The van der Waals surface area contributed by atoms with Gasteiger partial charge in [-0.05, 0) is 27.8 Å². The van der Waals surface area contributed by atoms with Gasteiger partial charge >= 0.3 is 5.97 Å². The van der Waals surface area contributed by atoms with E-state index in [0.29, 0.717) is 6.54 Å². The molecule has 4 heteroatoms. The van der Waals surface area contributed by atoms with Gasteiger partial charge in [0.2, 0.25) is 0 Å². The second-order valence-corrected chi connectivity index (χ2v) is 5.83. The molecule has 21 heavy (non-hydrogen) atoms. The predicted molar refractivity (Wildman–Crippen MR) is 85.5 cm³/mol. The molecule has 0 bridgehead atoms. The SMILES string of the molecule is O=C(O)C(NCc1cccs1)c1cccc2ccccc12. The molecule has 106 valence electrons. The van der Waals surface area contributed by atoms with Gasteiger partial charge in [0.25, 0.3) is 0 Å². The molecule has 0 aliphatic heterocycles. The Hall–Kier alpha value is -2.17. The maximum absolute atomic E-state index is 11.6. The van der Waals surface area contributed by atoms with Crippen LogP contribution in [0.3, 0.4) is 0 Å². The number of thiophene rings is 1. The van der Waals surface area contributed by atoms with E-state index in [9.17, 15) is 9.90 Å². The fourth-order valence-corrected chi connectivity index (χ4v) is 3.10. The average molecular weight is 297 g/mol. The van der Waals surface area contributed by atoms with Crippen molar-refractivity contribution in [3.8, 4) is 0 Å². The van der Waals surface area contributed by atoms with Gasteiger partial charge < -0.3 is 5.11 Å². The Bertz CT molecular complexity index is 747. The lowest BCUT2D eigenvalue weighted by molar-refractivity contribution is -0.139. The lowest BCUT2D eigenvalue weighted by atomic mass is 9.98. The van der Waals surface area contributed by atoms with Crippen molar-refractivity contribution in [2.24, 2.45) is 0 Å². The second-order valence-electron chi connectivity index (χ2n) is 4.80. The van der Waals surface area contributed by atoms with Crippen molar-refractivity contribution in [1.29, 1.82) is 0 Å². The van der Waals surface area contributed by atoms with E-state index in [-0.39, 0.29) is 0 Å². The normalized spacial score (nSPS) is 12.4. The summed E-state index contributed by atoms with van der Waals surface area (Å²) in [5.41, 5.74) is 0.803. The largest absolute Gasteiger partial charge is 0.480 e. The lowest BCUT2D eigenvalue weighted by Gasteiger charge is -2.16. The number of hydrogen-bond acceptors (Lipinski definition) is 3. The Morgan fingerprint density at radius 1 is 1.10 bits per heavy atom. The van der Waals surface area contributed by atoms with Crippen molar-refractivity contribution in [2.75, 3.05) is 0 Å². The molecule has 0 spiro atoms. The summed E-state index contributed by atoms with van der Waals surface area (Å²) in [6.07, 6.45) is 0. The molecule has 0 fully saturated rings. The van der Waals surface area contributed by atoms with E-state index in [1.807, 2.05) is 60.0 Å². The van der Waals surface area contributed by atoms with Crippen LogP contribution in [0.5, 0.6) is 0 Å². The maximum Gasteiger partial charge on any atom is 0.325 e. The van der Waals surface area contributed by atoms with E-state index in [0.717, 1.165) is 21.2 Å². The van der Waals surface area contributed by atoms with E-state index >= 15 is 0 Å². The van der Waals surface area contributed by atoms with Crippen molar-refractivity contribution < 1.29 is 9.90 Å². The quantitative estimate of drug-likeness (QED) is 0.752. The van der Waals surface area contributed by atoms with Gasteiger partial charge in [0, 0.05) is 11.4 Å². The molecule has 0 radical (unpaired) electrons. The minimum absolute atomic E-state index is 0.553. The van der Waals surface area contributed by atoms with E-state index in [4.69, 9.17) is 0 Å². The van der Waals surface area contributed by atoms with Crippen LogP contribution in [0.2, 0.25) is 0 Å². The predicted octanol–water partition coefficient (Wildman–Crippen LogP) is 3.82. The minimum Gasteiger partial charge on any atom is -0.480 e. The fourth-order valence-electron chi connectivity index (χ4n) is 2.45. The summed E-state index contributed by atoms with van der Waals surface area (Å²) in [6.45, 7) is 0.553. The van der Waals surface area contributed by atoms with E-state index in [1.165, 1.54) is 0 Å². The van der Waals surface area contributed by atoms with Gasteiger partial charge in [0.1, 0.15) is 6.04 Å². The van der Waals surface area contributed by atoms with E-state index < -0.39 is 12.0 Å². The Morgan fingerprint density at radius 2 is 1.90 bits per heavy atom. The number of carbonyl (C=O) groups is 1. The van der Waals surface area contributed by atoms with Crippen LogP contribution in [0.1, 0.15) is 16.5 Å². The first-order valence-corrected chi connectivity index (χ1v) is 7.60. The number of nitrogens with one attached hydrogen (secondary N) is 1. The van der Waals surface area contributed by atoms with Gasteiger partial charge in [-0.15, -0.1) is 11.3 Å². The zero-order valence-corrected chi connectivity index (χ0v) is 12.1. The number of aliphatic carboxylic acids is 1. The minimum atomic E-state index is -0.858. The Labute approximate surface area is 126 Å². The summed E-state index contributed by atoms with van der Waals surface area (Å²) >= 11 is 1.62. The summed E-state index contributed by atoms with van der Waals surface area (Å²) in [4.78, 5) is 12.8. The molecule has 1 aromatic heterocycles. The molecule has 3 aromatic rings. The van der Waals surface area contributed by atoms with Gasteiger partial charge in [-0.2, -0.15) is 0 Å². The average Bonchev–Trinajstić information content (AvgIpc) is 3.01. The molecule has 0 aliphatic rings. The summed E-state index contributed by atoms with van der Waals surface area (Å²) in [5.74, 6) is -0.858. The molecule has 3 rings (SSSR count). The molecule has 0 aliphatic carbocycles. The third kappa shape index (κ3) is 2.96. The van der Waals surface area contributed by atoms with Gasteiger partial charge in [-0.3, -0.25) is 10.1 Å². The first-order valence-electron chi connectivity index (χ1n) is 6.72. The monoisotopic (exact) mass is 297 g/mol. The van der Waals surface area contributed by atoms with E-state index in [1.54, 1.807) is 11.3 Å². The first kappa shape index (κ1) is 13.8. The van der Waals surface area contributed by atoms with Crippen molar-refractivity contribution in [1.82, 2.24) is 5.32 Å². The van der Waals surface area contributed by atoms with Gasteiger partial charge in [-0.25, -0.2) is 0 Å². The standard InChI is InChI=1S/C17H15NO2S/c19-17(20)16(18-11-13-7-4-10-21-13)15-9-3-6-12-5-1-2-8-14(12)15/h1-10,16,18H,11H2,(H,19,20). The van der Waals surface area contributed by atoms with Crippen LogP contribution in [0.4, 0.5) is 0 Å². The molecule has 0 saturated heterocycles. The molecule has 1 unspecified atom stereocenters. The number of fused-ring (bicyclic) bond motifs is 1. The highest BCUT2D eigenvalue weighted by molar-refractivity contribution is 7.09. The fraction of sp³-hybridized carbons (Fsp3) is 0.118. The van der Waals surface area contributed by atoms with Crippen molar-refractivity contribution >= 4 is 28.1 Å². The molecule has 1 heterocycles. The molecule has 2 aromatic carbocycles. The maximum atomic E-state index is 11.6. The molecular formula is C17H15NO2S. The Kier molecular flexibility index (Phi) is 3.99. The van der Waals surface area contributed by atoms with Crippen molar-refractivity contribution in [3.05, 3.63) is 70.4 Å². The molecule has 0 saturated carbocycles. The summed E-state index contributed by atoms with van der Waals surface area (Å²) in [6, 6.07) is 16.9. The van der Waals surface area contributed by atoms with Gasteiger partial charge in [0.05, 0.1) is 0 Å². The smallest absolute Gasteiger partial charge is 0.325 e. The first-order chi connectivity index (χ1) is 10.3. The summed E-state index contributed by atoms with van der Waals surface area (Å²) in [5, 5.41) is 16.7. The molecular weight excluding hydrogens is 282 g/mol. The highest BCUT2D eigenvalue weighted by atomic mass is 32.1. The molecule has 1 atom stereocenters. The Morgan fingerprint density at radius 3 is 2.67 bits per heavy atom. The molecule has 3 nitrogen and oxygen atoms in total. The molecule has 2 N–H and O–H groups in total. The van der Waals surface area contributed by atoms with Crippen LogP contribution in [0.25, 0.3) is 10.8 Å². The van der Waals surface area contributed by atoms with Crippen LogP contribution in [-0.4, -0.2) is 11.1 Å². The second kappa shape index (κ2) is 6.08. The lowest BCUT2D eigenvalue weighted by Crippen LogP contribution is -2.28. The van der Waals surface area contributed by atoms with Crippen LogP contribution < -0.4 is 5.32 Å². The molecule has 0 amide bonds. The zero-order valence-electron chi connectivity index (χ0n) is 11.3. The van der Waals surface area contributed by atoms with Gasteiger partial charge in [-0.1, -0.05) is 48.5 Å². The summed E-state index contributed by atoms with van der Waals surface area (Å²) < 4.78 is 0. The highest BCUT2D eigenvalue weighted by Crippen LogP contribution is 2.25. The Balaban J connectivity index is 1.94. The number of hydrogen-bond donors (Lipinski definition) is 2. The third-order valence-electron chi connectivity index (χ3n) is 3.44. The third-order valence-corrected chi connectivity index (χ3v) is 4.32. The zero-order chi connectivity index (χ0) is 14.7. The number of benzene rings is 2. The van der Waals surface area contributed by atoms with E-state index in [2.05, 4.69) is 5.32 Å². The highest BCUT2D eigenvalue weighted by Gasteiger charge is 2.21. The van der Waals surface area contributed by atoms with Crippen LogP contribution >= 0.6 is 11.3 Å². The van der Waals surface area contributed by atoms with Crippen molar-refractivity contribution in [2.45, 2.75) is 12.6 Å². The van der Waals surface area contributed by atoms with Crippen LogP contribution in [0, 0.1) is 0 Å². The number of carboxylic acids is 1. The van der Waals surface area contributed by atoms with Crippen LogP contribution in [-0.2, 0) is 11.3 Å². The number of rotatable bonds is 5. The van der Waals surface area contributed by atoms with Crippen molar-refractivity contribution in [3.63, 3.8) is 0 Å². The number of carboxylic acid groups (broad SMARTS) is 1. The summed E-state index contributed by atoms with van der Waals surface area (Å²) in [7, 11) is 0. The van der Waals surface area contributed by atoms with Gasteiger partial charge in [0.15, 0.2) is 0 Å². The topological polar surface area (TPSA) is 49.3 Å².